The number of aryl methyl sites for hydroxylation is 2. The Morgan fingerprint density at radius 2 is 1.77 bits per heavy atom. The van der Waals surface area contributed by atoms with Crippen molar-refractivity contribution in [2.24, 2.45) is 5.92 Å². The largest absolute Gasteiger partial charge is 0.353 e. The molecule has 1 fully saturated rings. The third-order valence-electron chi connectivity index (χ3n) is 4.41. The SMILES string of the molecule is Cc1ccc(C(=O)N2CCC(NC(=O)C(C)C)CC2)cc1C. The highest BCUT2D eigenvalue weighted by atomic mass is 16.2. The number of carbonyl (C=O) groups is 2. The molecule has 0 saturated carbocycles. The summed E-state index contributed by atoms with van der Waals surface area (Å²) in [6.45, 7) is 9.28. The van der Waals surface area contributed by atoms with Crippen molar-refractivity contribution in [3.63, 3.8) is 0 Å². The summed E-state index contributed by atoms with van der Waals surface area (Å²) in [5.41, 5.74) is 3.10. The van der Waals surface area contributed by atoms with Gasteiger partial charge in [0.1, 0.15) is 0 Å². The average Bonchev–Trinajstić information content (AvgIpc) is 2.50. The van der Waals surface area contributed by atoms with Gasteiger partial charge in [-0.05, 0) is 49.9 Å². The summed E-state index contributed by atoms with van der Waals surface area (Å²) in [6.07, 6.45) is 1.66. The second-order valence-electron chi connectivity index (χ2n) is 6.53. The van der Waals surface area contributed by atoms with Crippen LogP contribution in [0.5, 0.6) is 0 Å². The average molecular weight is 302 g/mol. The highest BCUT2D eigenvalue weighted by Crippen LogP contribution is 2.16. The smallest absolute Gasteiger partial charge is 0.253 e. The lowest BCUT2D eigenvalue weighted by Crippen LogP contribution is -2.47. The third-order valence-corrected chi connectivity index (χ3v) is 4.41. The van der Waals surface area contributed by atoms with Crippen molar-refractivity contribution in [1.29, 1.82) is 0 Å². The van der Waals surface area contributed by atoms with Crippen LogP contribution in [0.15, 0.2) is 18.2 Å². The monoisotopic (exact) mass is 302 g/mol. The number of nitrogens with zero attached hydrogens (tertiary/aromatic N) is 1. The number of piperidine rings is 1. The van der Waals surface area contributed by atoms with E-state index in [1.165, 1.54) is 5.56 Å². The van der Waals surface area contributed by atoms with E-state index >= 15 is 0 Å². The minimum atomic E-state index is 0.00944. The second kappa shape index (κ2) is 6.95. The molecule has 0 bridgehead atoms. The Balaban J connectivity index is 1.92. The van der Waals surface area contributed by atoms with E-state index in [9.17, 15) is 9.59 Å². The van der Waals surface area contributed by atoms with Gasteiger partial charge in [-0.15, -0.1) is 0 Å². The molecule has 1 N–H and O–H groups in total. The van der Waals surface area contributed by atoms with E-state index in [1.807, 2.05) is 50.8 Å². The van der Waals surface area contributed by atoms with E-state index in [1.54, 1.807) is 0 Å². The number of likely N-dealkylation sites (tertiary alicyclic amines) is 1. The summed E-state index contributed by atoms with van der Waals surface area (Å²) in [6, 6.07) is 6.05. The van der Waals surface area contributed by atoms with Crippen molar-refractivity contribution < 1.29 is 9.59 Å². The van der Waals surface area contributed by atoms with Gasteiger partial charge in [0.25, 0.3) is 5.91 Å². The Morgan fingerprint density at radius 1 is 1.14 bits per heavy atom. The van der Waals surface area contributed by atoms with Crippen molar-refractivity contribution in [2.45, 2.75) is 46.6 Å². The van der Waals surface area contributed by atoms with E-state index in [-0.39, 0.29) is 23.8 Å². The predicted molar refractivity (Wildman–Crippen MR) is 87.8 cm³/mol. The van der Waals surface area contributed by atoms with Gasteiger partial charge in [-0.25, -0.2) is 0 Å². The zero-order chi connectivity index (χ0) is 16.3. The van der Waals surface area contributed by atoms with Crippen LogP contribution in [0.3, 0.4) is 0 Å². The van der Waals surface area contributed by atoms with Crippen LogP contribution in [0.2, 0.25) is 0 Å². The normalized spacial score (nSPS) is 16.0. The zero-order valence-electron chi connectivity index (χ0n) is 14.0. The molecule has 4 nitrogen and oxygen atoms in total. The molecule has 0 radical (unpaired) electrons. The molecule has 1 heterocycles. The van der Waals surface area contributed by atoms with Gasteiger partial charge in [-0.2, -0.15) is 0 Å². The van der Waals surface area contributed by atoms with Crippen LogP contribution in [0.1, 0.15) is 48.2 Å². The third kappa shape index (κ3) is 3.87. The molecule has 1 aliphatic rings. The topological polar surface area (TPSA) is 49.4 Å². The molecule has 1 saturated heterocycles. The minimum Gasteiger partial charge on any atom is -0.353 e. The molecule has 22 heavy (non-hydrogen) atoms. The molecular formula is C18H26N2O2. The van der Waals surface area contributed by atoms with Crippen molar-refractivity contribution in [2.75, 3.05) is 13.1 Å². The standard InChI is InChI=1S/C18H26N2O2/c1-12(2)17(21)19-16-7-9-20(10-8-16)18(22)15-6-5-13(3)14(4)11-15/h5-6,11-12,16H,7-10H2,1-4H3,(H,19,21). The summed E-state index contributed by atoms with van der Waals surface area (Å²) < 4.78 is 0. The molecule has 1 aromatic carbocycles. The van der Waals surface area contributed by atoms with Crippen molar-refractivity contribution >= 4 is 11.8 Å². The lowest BCUT2D eigenvalue weighted by Gasteiger charge is -2.33. The van der Waals surface area contributed by atoms with E-state index < -0.39 is 0 Å². The molecule has 4 heteroatoms. The lowest BCUT2D eigenvalue weighted by molar-refractivity contribution is -0.124. The Bertz CT molecular complexity index is 558. The molecule has 0 unspecified atom stereocenters. The number of hydrogen-bond acceptors (Lipinski definition) is 2. The number of nitrogens with one attached hydrogen (secondary N) is 1. The maximum absolute atomic E-state index is 12.5. The summed E-state index contributed by atoms with van der Waals surface area (Å²) in [4.78, 5) is 26.2. The Hall–Kier alpha value is -1.84. The van der Waals surface area contributed by atoms with Crippen LogP contribution in [0.4, 0.5) is 0 Å². The summed E-state index contributed by atoms with van der Waals surface area (Å²) in [7, 11) is 0. The molecule has 0 aliphatic carbocycles. The van der Waals surface area contributed by atoms with E-state index in [2.05, 4.69) is 5.32 Å². The van der Waals surface area contributed by atoms with Gasteiger partial charge < -0.3 is 10.2 Å². The Kier molecular flexibility index (Phi) is 5.22. The molecule has 1 aromatic rings. The second-order valence-corrected chi connectivity index (χ2v) is 6.53. The van der Waals surface area contributed by atoms with E-state index in [4.69, 9.17) is 0 Å². The van der Waals surface area contributed by atoms with Gasteiger partial charge in [0.15, 0.2) is 0 Å². The summed E-state index contributed by atoms with van der Waals surface area (Å²) in [5, 5.41) is 3.06. The molecule has 2 rings (SSSR count). The fraction of sp³-hybridized carbons (Fsp3) is 0.556. The highest BCUT2D eigenvalue weighted by Gasteiger charge is 2.25. The van der Waals surface area contributed by atoms with E-state index in [0.717, 1.165) is 24.0 Å². The molecule has 120 valence electrons. The number of carbonyl (C=O) groups excluding carboxylic acids is 2. The first kappa shape index (κ1) is 16.5. The molecule has 0 atom stereocenters. The van der Waals surface area contributed by atoms with Crippen molar-refractivity contribution in [3.05, 3.63) is 34.9 Å². The number of rotatable bonds is 3. The van der Waals surface area contributed by atoms with Gasteiger partial charge >= 0.3 is 0 Å². The molecule has 0 aromatic heterocycles. The molecular weight excluding hydrogens is 276 g/mol. The quantitative estimate of drug-likeness (QED) is 0.933. The van der Waals surface area contributed by atoms with Crippen molar-refractivity contribution in [3.8, 4) is 0 Å². The summed E-state index contributed by atoms with van der Waals surface area (Å²) >= 11 is 0. The number of benzene rings is 1. The fourth-order valence-corrected chi connectivity index (χ4v) is 2.65. The highest BCUT2D eigenvalue weighted by molar-refractivity contribution is 5.94. The number of amides is 2. The van der Waals surface area contributed by atoms with Crippen LogP contribution in [0, 0.1) is 19.8 Å². The van der Waals surface area contributed by atoms with Gasteiger partial charge in [-0.1, -0.05) is 19.9 Å². The van der Waals surface area contributed by atoms with Gasteiger partial charge in [0.05, 0.1) is 0 Å². The van der Waals surface area contributed by atoms with Crippen LogP contribution >= 0.6 is 0 Å². The van der Waals surface area contributed by atoms with Crippen LogP contribution in [0.25, 0.3) is 0 Å². The first-order valence-corrected chi connectivity index (χ1v) is 8.05. The predicted octanol–water partition coefficient (Wildman–Crippen LogP) is 2.68. The van der Waals surface area contributed by atoms with Crippen LogP contribution in [-0.2, 0) is 4.79 Å². The van der Waals surface area contributed by atoms with E-state index in [0.29, 0.717) is 13.1 Å². The first-order valence-electron chi connectivity index (χ1n) is 8.05. The fourth-order valence-electron chi connectivity index (χ4n) is 2.65. The minimum absolute atomic E-state index is 0.00944. The Morgan fingerprint density at radius 3 is 2.32 bits per heavy atom. The lowest BCUT2D eigenvalue weighted by atomic mass is 10.0. The zero-order valence-corrected chi connectivity index (χ0v) is 14.0. The maximum atomic E-state index is 12.5. The molecule has 1 aliphatic heterocycles. The van der Waals surface area contributed by atoms with Crippen LogP contribution in [-0.4, -0.2) is 35.8 Å². The first-order chi connectivity index (χ1) is 10.4. The van der Waals surface area contributed by atoms with Gasteiger partial charge in [-0.3, -0.25) is 9.59 Å². The molecule has 2 amide bonds. The van der Waals surface area contributed by atoms with Crippen molar-refractivity contribution in [1.82, 2.24) is 10.2 Å². The van der Waals surface area contributed by atoms with Gasteiger partial charge in [0, 0.05) is 30.6 Å². The number of hydrogen-bond donors (Lipinski definition) is 1. The van der Waals surface area contributed by atoms with Gasteiger partial charge in [0.2, 0.25) is 5.91 Å². The van der Waals surface area contributed by atoms with Crippen LogP contribution < -0.4 is 5.32 Å². The summed E-state index contributed by atoms with van der Waals surface area (Å²) in [5.74, 6) is 0.200. The molecule has 0 spiro atoms. The Labute approximate surface area is 132 Å². The maximum Gasteiger partial charge on any atom is 0.253 e.